The summed E-state index contributed by atoms with van der Waals surface area (Å²) in [6, 6.07) is 1.49. The lowest BCUT2D eigenvalue weighted by atomic mass is 9.89. The van der Waals surface area contributed by atoms with Gasteiger partial charge in [0.1, 0.15) is 0 Å². The van der Waals surface area contributed by atoms with E-state index >= 15 is 0 Å². The van der Waals surface area contributed by atoms with Gasteiger partial charge in [0.25, 0.3) is 5.56 Å². The van der Waals surface area contributed by atoms with E-state index in [-0.39, 0.29) is 11.0 Å². The lowest BCUT2D eigenvalue weighted by Crippen LogP contribution is -2.23. The summed E-state index contributed by atoms with van der Waals surface area (Å²) in [6.45, 7) is 5.80. The number of aromatic nitrogens is 2. The van der Waals surface area contributed by atoms with Crippen molar-refractivity contribution in [1.29, 1.82) is 0 Å². The Kier molecular flexibility index (Phi) is 4.44. The van der Waals surface area contributed by atoms with Crippen molar-refractivity contribution in [3.05, 3.63) is 27.4 Å². The van der Waals surface area contributed by atoms with Crippen LogP contribution in [-0.4, -0.2) is 23.3 Å². The van der Waals surface area contributed by atoms with Crippen molar-refractivity contribution in [3.63, 3.8) is 0 Å². The second kappa shape index (κ2) is 5.41. The third kappa shape index (κ3) is 3.90. The topological polar surface area (TPSA) is 47.0 Å². The zero-order valence-electron chi connectivity index (χ0n) is 9.95. The maximum Gasteiger partial charge on any atom is 0.251 e. The second-order valence-corrected chi connectivity index (χ2v) is 5.03. The fraction of sp³-hybridized carbons (Fsp3) is 0.636. The normalized spacial score (nSPS) is 11.7. The third-order valence-corrected chi connectivity index (χ3v) is 2.81. The van der Waals surface area contributed by atoms with Gasteiger partial charge in [-0.1, -0.05) is 13.8 Å². The molecule has 0 radical (unpaired) electrons. The number of H-pyrrole nitrogens is 1. The van der Waals surface area contributed by atoms with Crippen LogP contribution in [0.4, 0.5) is 0 Å². The van der Waals surface area contributed by atoms with Crippen molar-refractivity contribution in [2.75, 3.05) is 13.7 Å². The lowest BCUT2D eigenvalue weighted by molar-refractivity contribution is 0.142. The molecule has 0 fully saturated rings. The standard InChI is InChI=1S/C11H18N2O2S/c1-11(2,5-7-15-3)8-13-6-4-9(14)12-10(13)16/h4,6H,5,7-8H2,1-3H3,(H,12,14,16). The molecule has 0 spiro atoms. The van der Waals surface area contributed by atoms with E-state index in [0.717, 1.165) is 19.6 Å². The number of ether oxygens (including phenoxy) is 1. The van der Waals surface area contributed by atoms with Crippen LogP contribution in [0.2, 0.25) is 0 Å². The minimum atomic E-state index is -0.157. The number of methoxy groups -OCH3 is 1. The van der Waals surface area contributed by atoms with E-state index in [1.807, 2.05) is 4.57 Å². The van der Waals surface area contributed by atoms with E-state index in [4.69, 9.17) is 17.0 Å². The summed E-state index contributed by atoms with van der Waals surface area (Å²) < 4.78 is 7.42. The van der Waals surface area contributed by atoms with Crippen LogP contribution in [0.3, 0.4) is 0 Å². The molecule has 0 amide bonds. The van der Waals surface area contributed by atoms with Gasteiger partial charge in [0.15, 0.2) is 4.77 Å². The Labute approximate surface area is 100 Å². The van der Waals surface area contributed by atoms with Gasteiger partial charge in [0.2, 0.25) is 0 Å². The highest BCUT2D eigenvalue weighted by molar-refractivity contribution is 7.71. The van der Waals surface area contributed by atoms with E-state index in [9.17, 15) is 4.79 Å². The molecule has 0 atom stereocenters. The summed E-state index contributed by atoms with van der Waals surface area (Å²) in [5.74, 6) is 0. The first-order chi connectivity index (χ1) is 7.44. The van der Waals surface area contributed by atoms with Crippen LogP contribution in [0.15, 0.2) is 17.1 Å². The quantitative estimate of drug-likeness (QED) is 0.803. The van der Waals surface area contributed by atoms with Crippen LogP contribution in [0.5, 0.6) is 0 Å². The van der Waals surface area contributed by atoms with E-state index in [2.05, 4.69) is 18.8 Å². The number of rotatable bonds is 5. The number of aromatic amines is 1. The molecule has 90 valence electrons. The molecule has 0 saturated heterocycles. The van der Waals surface area contributed by atoms with Gasteiger partial charge >= 0.3 is 0 Å². The van der Waals surface area contributed by atoms with Crippen LogP contribution in [0, 0.1) is 10.2 Å². The second-order valence-electron chi connectivity index (χ2n) is 4.65. The first-order valence-electron chi connectivity index (χ1n) is 5.23. The predicted octanol–water partition coefficient (Wildman–Crippen LogP) is 1.97. The van der Waals surface area contributed by atoms with Crippen LogP contribution in [0.1, 0.15) is 20.3 Å². The maximum absolute atomic E-state index is 11.0. The number of nitrogens with one attached hydrogen (secondary N) is 1. The van der Waals surface area contributed by atoms with Gasteiger partial charge in [-0.05, 0) is 24.1 Å². The van der Waals surface area contributed by atoms with Crippen LogP contribution >= 0.6 is 12.2 Å². The Bertz CT molecular complexity index is 448. The largest absolute Gasteiger partial charge is 0.385 e. The van der Waals surface area contributed by atoms with E-state index < -0.39 is 0 Å². The molecule has 5 heteroatoms. The molecule has 0 aromatic carbocycles. The average molecular weight is 242 g/mol. The van der Waals surface area contributed by atoms with Crippen molar-refractivity contribution in [1.82, 2.24) is 9.55 Å². The van der Waals surface area contributed by atoms with Gasteiger partial charge in [-0.25, -0.2) is 0 Å². The minimum absolute atomic E-state index is 0.0898. The molecule has 0 aliphatic rings. The summed E-state index contributed by atoms with van der Waals surface area (Å²) in [7, 11) is 1.70. The Hall–Kier alpha value is -0.940. The smallest absolute Gasteiger partial charge is 0.251 e. The lowest BCUT2D eigenvalue weighted by Gasteiger charge is -2.25. The Morgan fingerprint density at radius 2 is 2.25 bits per heavy atom. The number of nitrogens with zero attached hydrogens (tertiary/aromatic N) is 1. The predicted molar refractivity (Wildman–Crippen MR) is 66.2 cm³/mol. The van der Waals surface area contributed by atoms with Gasteiger partial charge in [-0.15, -0.1) is 0 Å². The van der Waals surface area contributed by atoms with E-state index in [1.165, 1.54) is 6.07 Å². The number of hydrogen-bond acceptors (Lipinski definition) is 3. The highest BCUT2D eigenvalue weighted by atomic mass is 32.1. The minimum Gasteiger partial charge on any atom is -0.385 e. The summed E-state index contributed by atoms with van der Waals surface area (Å²) >= 11 is 5.10. The maximum atomic E-state index is 11.0. The van der Waals surface area contributed by atoms with Crippen LogP contribution in [-0.2, 0) is 11.3 Å². The highest BCUT2D eigenvalue weighted by Gasteiger charge is 2.18. The van der Waals surface area contributed by atoms with Crippen molar-refractivity contribution in [3.8, 4) is 0 Å². The molecule has 4 nitrogen and oxygen atoms in total. The highest BCUT2D eigenvalue weighted by Crippen LogP contribution is 2.22. The van der Waals surface area contributed by atoms with Crippen molar-refractivity contribution in [2.24, 2.45) is 5.41 Å². The van der Waals surface area contributed by atoms with Gasteiger partial charge in [-0.3, -0.25) is 9.78 Å². The number of hydrogen-bond donors (Lipinski definition) is 1. The Morgan fingerprint density at radius 1 is 1.56 bits per heavy atom. The fourth-order valence-electron chi connectivity index (χ4n) is 1.49. The molecule has 1 aromatic rings. The molecule has 1 rings (SSSR count). The summed E-state index contributed by atoms with van der Waals surface area (Å²) in [6.07, 6.45) is 2.68. The first-order valence-corrected chi connectivity index (χ1v) is 5.64. The van der Waals surface area contributed by atoms with Crippen LogP contribution in [0.25, 0.3) is 0 Å². The van der Waals surface area contributed by atoms with Gasteiger partial charge < -0.3 is 9.30 Å². The van der Waals surface area contributed by atoms with Crippen molar-refractivity contribution >= 4 is 12.2 Å². The first kappa shape index (κ1) is 13.1. The zero-order chi connectivity index (χ0) is 12.2. The van der Waals surface area contributed by atoms with Gasteiger partial charge in [0, 0.05) is 32.5 Å². The van der Waals surface area contributed by atoms with Crippen molar-refractivity contribution in [2.45, 2.75) is 26.8 Å². The third-order valence-electron chi connectivity index (χ3n) is 2.48. The molecule has 1 heterocycles. The summed E-state index contributed by atoms with van der Waals surface area (Å²) in [5.41, 5.74) is -0.0668. The molecule has 0 unspecified atom stereocenters. The molecule has 1 aromatic heterocycles. The van der Waals surface area contributed by atoms with Crippen LogP contribution < -0.4 is 5.56 Å². The molecular weight excluding hydrogens is 224 g/mol. The van der Waals surface area contributed by atoms with E-state index in [1.54, 1.807) is 13.3 Å². The molecule has 0 aliphatic heterocycles. The Morgan fingerprint density at radius 3 is 2.81 bits per heavy atom. The average Bonchev–Trinajstić information content (AvgIpc) is 2.19. The van der Waals surface area contributed by atoms with Gasteiger partial charge in [0.05, 0.1) is 0 Å². The molecule has 16 heavy (non-hydrogen) atoms. The fourth-order valence-corrected chi connectivity index (χ4v) is 1.71. The molecule has 1 N–H and O–H groups in total. The zero-order valence-corrected chi connectivity index (χ0v) is 10.8. The van der Waals surface area contributed by atoms with Gasteiger partial charge in [-0.2, -0.15) is 0 Å². The molecule has 0 saturated carbocycles. The molecule has 0 bridgehead atoms. The molecule has 0 aliphatic carbocycles. The summed E-state index contributed by atoms with van der Waals surface area (Å²) in [4.78, 5) is 13.6. The van der Waals surface area contributed by atoms with Crippen molar-refractivity contribution < 1.29 is 4.74 Å². The Balaban J connectivity index is 2.79. The SMILES string of the molecule is COCCC(C)(C)Cn1ccc(=O)[nH]c1=S. The monoisotopic (exact) mass is 242 g/mol. The molecular formula is C11H18N2O2S. The van der Waals surface area contributed by atoms with E-state index in [0.29, 0.717) is 4.77 Å². The summed E-state index contributed by atoms with van der Waals surface area (Å²) in [5, 5.41) is 0.